The lowest BCUT2D eigenvalue weighted by molar-refractivity contribution is 0.208. The highest BCUT2D eigenvalue weighted by atomic mass is 16.3. The summed E-state index contributed by atoms with van der Waals surface area (Å²) in [5, 5.41) is 12.7. The second-order valence-corrected chi connectivity index (χ2v) is 5.04. The fraction of sp³-hybridized carbons (Fsp3) is 0.571. The third-order valence-electron chi connectivity index (χ3n) is 3.59. The molecule has 0 saturated carbocycles. The molecule has 2 nitrogen and oxygen atoms in total. The average Bonchev–Trinajstić information content (AvgIpc) is 2.24. The summed E-state index contributed by atoms with van der Waals surface area (Å²) >= 11 is 0. The topological polar surface area (TPSA) is 32.3 Å². The first-order valence-corrected chi connectivity index (χ1v) is 6.14. The van der Waals surface area contributed by atoms with E-state index < -0.39 is 0 Å². The van der Waals surface area contributed by atoms with Crippen LogP contribution in [-0.2, 0) is 6.42 Å². The molecule has 1 aromatic rings. The van der Waals surface area contributed by atoms with Crippen LogP contribution in [0.5, 0.6) is 0 Å². The van der Waals surface area contributed by atoms with Crippen molar-refractivity contribution < 1.29 is 5.11 Å². The molecule has 16 heavy (non-hydrogen) atoms. The summed E-state index contributed by atoms with van der Waals surface area (Å²) in [6.45, 7) is 5.50. The van der Waals surface area contributed by atoms with Gasteiger partial charge in [0.1, 0.15) is 0 Å². The lowest BCUT2D eigenvalue weighted by atomic mass is 9.77. The Kier molecular flexibility index (Phi) is 3.62. The van der Waals surface area contributed by atoms with Gasteiger partial charge < -0.3 is 10.4 Å². The maximum absolute atomic E-state index is 9.23. The number of rotatable bonds is 5. The Hall–Kier alpha value is -0.860. The van der Waals surface area contributed by atoms with E-state index in [1.54, 1.807) is 0 Å². The van der Waals surface area contributed by atoms with Crippen molar-refractivity contribution in [2.45, 2.75) is 32.2 Å². The van der Waals surface area contributed by atoms with Gasteiger partial charge in [0.25, 0.3) is 0 Å². The fourth-order valence-corrected chi connectivity index (χ4v) is 2.35. The van der Waals surface area contributed by atoms with Crippen molar-refractivity contribution in [2.24, 2.45) is 5.92 Å². The zero-order valence-electron chi connectivity index (χ0n) is 10.1. The number of hydrogen-bond acceptors (Lipinski definition) is 2. The number of hydrogen-bond donors (Lipinski definition) is 2. The molecule has 0 radical (unpaired) electrons. The van der Waals surface area contributed by atoms with Gasteiger partial charge in [0, 0.05) is 18.5 Å². The van der Waals surface area contributed by atoms with Crippen molar-refractivity contribution in [3.05, 3.63) is 35.4 Å². The largest absolute Gasteiger partial charge is 0.395 e. The van der Waals surface area contributed by atoms with Crippen LogP contribution >= 0.6 is 0 Å². The summed E-state index contributed by atoms with van der Waals surface area (Å²) in [5.74, 6) is 1.13. The minimum absolute atomic E-state index is 0.228. The lowest BCUT2D eigenvalue weighted by Crippen LogP contribution is -2.41. The van der Waals surface area contributed by atoms with Crippen LogP contribution in [0.2, 0.25) is 0 Å². The van der Waals surface area contributed by atoms with Gasteiger partial charge in [0.05, 0.1) is 6.61 Å². The van der Waals surface area contributed by atoms with Crippen molar-refractivity contribution in [1.82, 2.24) is 5.32 Å². The summed E-state index contributed by atoms with van der Waals surface area (Å²) in [6, 6.07) is 8.86. The Bertz CT molecular complexity index is 348. The van der Waals surface area contributed by atoms with Gasteiger partial charge in [-0.2, -0.15) is 0 Å². The van der Waals surface area contributed by atoms with E-state index in [1.165, 1.54) is 17.5 Å². The van der Waals surface area contributed by atoms with Gasteiger partial charge in [-0.1, -0.05) is 38.1 Å². The Morgan fingerprint density at radius 2 is 2.12 bits per heavy atom. The average molecular weight is 219 g/mol. The highest BCUT2D eigenvalue weighted by molar-refractivity contribution is 5.40. The van der Waals surface area contributed by atoms with Gasteiger partial charge >= 0.3 is 0 Å². The minimum atomic E-state index is 0.228. The zero-order chi connectivity index (χ0) is 11.5. The number of benzene rings is 1. The molecule has 0 amide bonds. The van der Waals surface area contributed by atoms with Crippen LogP contribution in [0, 0.1) is 5.92 Å². The summed E-state index contributed by atoms with van der Waals surface area (Å²) in [4.78, 5) is 0. The summed E-state index contributed by atoms with van der Waals surface area (Å²) < 4.78 is 0. The highest BCUT2D eigenvalue weighted by Gasteiger charge is 2.25. The fourth-order valence-electron chi connectivity index (χ4n) is 2.35. The monoisotopic (exact) mass is 219 g/mol. The van der Waals surface area contributed by atoms with E-state index in [0.717, 1.165) is 6.54 Å². The summed E-state index contributed by atoms with van der Waals surface area (Å²) in [5.41, 5.74) is 2.97. The second kappa shape index (κ2) is 4.98. The highest BCUT2D eigenvalue weighted by Crippen LogP contribution is 2.34. The molecule has 2 N–H and O–H groups in total. The molecule has 0 spiro atoms. The van der Waals surface area contributed by atoms with Crippen LogP contribution in [0.4, 0.5) is 0 Å². The van der Waals surface area contributed by atoms with Crippen molar-refractivity contribution in [3.8, 4) is 0 Å². The molecule has 2 rings (SSSR count). The van der Waals surface area contributed by atoms with Crippen LogP contribution in [0.1, 0.15) is 30.9 Å². The summed E-state index contributed by atoms with van der Waals surface area (Å²) in [7, 11) is 0. The standard InChI is InChI=1S/C14H21NO/c1-10(2)14(9-16)15-8-12-7-11-5-3-4-6-13(11)12/h3-6,10,12,14-16H,7-9H2,1-2H3. The van der Waals surface area contributed by atoms with Gasteiger partial charge in [-0.25, -0.2) is 0 Å². The number of aliphatic hydroxyl groups excluding tert-OH is 1. The molecule has 2 atom stereocenters. The van der Waals surface area contributed by atoms with Gasteiger partial charge in [0.2, 0.25) is 0 Å². The van der Waals surface area contributed by atoms with Gasteiger partial charge in [0.15, 0.2) is 0 Å². The van der Waals surface area contributed by atoms with Crippen LogP contribution in [0.15, 0.2) is 24.3 Å². The predicted molar refractivity (Wildman–Crippen MR) is 66.6 cm³/mol. The van der Waals surface area contributed by atoms with Crippen LogP contribution in [-0.4, -0.2) is 24.3 Å². The zero-order valence-corrected chi connectivity index (χ0v) is 10.1. The Balaban J connectivity index is 1.85. The molecule has 1 aromatic carbocycles. The maximum atomic E-state index is 9.23. The number of fused-ring (bicyclic) bond motifs is 1. The molecule has 0 fully saturated rings. The van der Waals surface area contributed by atoms with E-state index in [-0.39, 0.29) is 12.6 Å². The predicted octanol–water partition coefficient (Wildman–Crippen LogP) is 1.93. The van der Waals surface area contributed by atoms with Crippen LogP contribution in [0.25, 0.3) is 0 Å². The van der Waals surface area contributed by atoms with Crippen molar-refractivity contribution in [3.63, 3.8) is 0 Å². The van der Waals surface area contributed by atoms with Crippen molar-refractivity contribution in [1.29, 1.82) is 0 Å². The molecule has 88 valence electrons. The molecule has 0 bridgehead atoms. The molecule has 0 heterocycles. The molecule has 2 unspecified atom stereocenters. The Morgan fingerprint density at radius 1 is 1.38 bits per heavy atom. The first-order valence-electron chi connectivity index (χ1n) is 6.14. The second-order valence-electron chi connectivity index (χ2n) is 5.04. The Labute approximate surface area is 97.7 Å². The van der Waals surface area contributed by atoms with Crippen LogP contribution < -0.4 is 5.32 Å². The molecule has 1 aliphatic rings. The normalized spacial score (nSPS) is 20.4. The molecular weight excluding hydrogens is 198 g/mol. The number of nitrogens with one attached hydrogen (secondary N) is 1. The third kappa shape index (κ3) is 2.28. The smallest absolute Gasteiger partial charge is 0.0587 e. The van der Waals surface area contributed by atoms with Crippen LogP contribution in [0.3, 0.4) is 0 Å². The van der Waals surface area contributed by atoms with E-state index in [2.05, 4.69) is 43.4 Å². The van der Waals surface area contributed by atoms with E-state index in [1.807, 2.05) is 0 Å². The quantitative estimate of drug-likeness (QED) is 0.793. The Morgan fingerprint density at radius 3 is 2.75 bits per heavy atom. The first kappa shape index (κ1) is 11.6. The first-order chi connectivity index (χ1) is 7.72. The van der Waals surface area contributed by atoms with Gasteiger partial charge in [-0.15, -0.1) is 0 Å². The van der Waals surface area contributed by atoms with Gasteiger partial charge in [-0.3, -0.25) is 0 Å². The van der Waals surface area contributed by atoms with E-state index >= 15 is 0 Å². The SMILES string of the molecule is CC(C)C(CO)NCC1Cc2ccccc21. The van der Waals surface area contributed by atoms with E-state index in [0.29, 0.717) is 11.8 Å². The summed E-state index contributed by atoms with van der Waals surface area (Å²) in [6.07, 6.45) is 1.18. The molecule has 0 saturated heterocycles. The molecule has 0 aromatic heterocycles. The van der Waals surface area contributed by atoms with E-state index in [4.69, 9.17) is 0 Å². The molecule has 1 aliphatic carbocycles. The minimum Gasteiger partial charge on any atom is -0.395 e. The van der Waals surface area contributed by atoms with Gasteiger partial charge in [-0.05, 0) is 23.5 Å². The molecular formula is C14H21NO. The van der Waals surface area contributed by atoms with Crippen molar-refractivity contribution >= 4 is 0 Å². The molecule has 2 heteroatoms. The van der Waals surface area contributed by atoms with E-state index in [9.17, 15) is 5.11 Å². The maximum Gasteiger partial charge on any atom is 0.0587 e. The van der Waals surface area contributed by atoms with Crippen molar-refractivity contribution in [2.75, 3.05) is 13.2 Å². The lowest BCUT2D eigenvalue weighted by Gasteiger charge is -2.32. The third-order valence-corrected chi connectivity index (χ3v) is 3.59. The molecule has 0 aliphatic heterocycles. The number of aliphatic hydroxyl groups is 1.